The fraction of sp³-hybridized carbons (Fsp3) is 0.143. The van der Waals surface area contributed by atoms with Crippen LogP contribution in [0, 0.1) is 6.92 Å². The van der Waals surface area contributed by atoms with Crippen molar-refractivity contribution in [1.82, 2.24) is 0 Å². The molecule has 2 rings (SSSR count). The van der Waals surface area contributed by atoms with Crippen LogP contribution in [0.15, 0.2) is 36.4 Å². The van der Waals surface area contributed by atoms with Gasteiger partial charge in [-0.2, -0.15) is 0 Å². The van der Waals surface area contributed by atoms with Crippen LogP contribution >= 0.6 is 23.2 Å². The summed E-state index contributed by atoms with van der Waals surface area (Å²) >= 11 is 12.1. The predicted octanol–water partition coefficient (Wildman–Crippen LogP) is 4.43. The number of rotatable bonds is 2. The molecule has 0 radical (unpaired) electrons. The van der Waals surface area contributed by atoms with E-state index >= 15 is 0 Å². The Balaban J connectivity index is 2.59. The van der Waals surface area contributed by atoms with E-state index in [0.717, 1.165) is 16.7 Å². The van der Waals surface area contributed by atoms with Crippen LogP contribution in [0.2, 0.25) is 10.0 Å². The van der Waals surface area contributed by atoms with Crippen molar-refractivity contribution in [3.05, 3.63) is 57.6 Å². The van der Waals surface area contributed by atoms with Crippen molar-refractivity contribution in [3.63, 3.8) is 0 Å². The van der Waals surface area contributed by atoms with Crippen molar-refractivity contribution in [2.75, 3.05) is 0 Å². The van der Waals surface area contributed by atoms with Crippen molar-refractivity contribution in [1.29, 1.82) is 0 Å². The van der Waals surface area contributed by atoms with Crippen LogP contribution in [-0.4, -0.2) is 0 Å². The molecule has 0 aromatic heterocycles. The molecule has 0 amide bonds. The van der Waals surface area contributed by atoms with E-state index in [1.54, 1.807) is 6.07 Å². The fourth-order valence-electron chi connectivity index (χ4n) is 1.79. The van der Waals surface area contributed by atoms with Gasteiger partial charge in [0.2, 0.25) is 0 Å². The minimum Gasteiger partial charge on any atom is -0.326 e. The summed E-state index contributed by atoms with van der Waals surface area (Å²) in [6.45, 7) is 2.58. The van der Waals surface area contributed by atoms with E-state index < -0.39 is 0 Å². The summed E-state index contributed by atoms with van der Waals surface area (Å²) in [6, 6.07) is 11.7. The quantitative estimate of drug-likeness (QED) is 0.855. The number of benzene rings is 2. The van der Waals surface area contributed by atoms with Gasteiger partial charge in [0.15, 0.2) is 0 Å². The molecule has 3 heteroatoms. The Morgan fingerprint density at radius 3 is 2.41 bits per heavy atom. The molecular weight excluding hydrogens is 253 g/mol. The van der Waals surface area contributed by atoms with E-state index in [1.807, 2.05) is 18.2 Å². The van der Waals surface area contributed by atoms with Gasteiger partial charge in [0.05, 0.1) is 0 Å². The first-order chi connectivity index (χ1) is 8.11. The predicted molar refractivity (Wildman–Crippen MR) is 74.5 cm³/mol. The summed E-state index contributed by atoms with van der Waals surface area (Å²) in [5.74, 6) is 0. The molecule has 0 unspecified atom stereocenters. The first-order valence-electron chi connectivity index (χ1n) is 5.37. The fourth-order valence-corrected chi connectivity index (χ4v) is 2.30. The monoisotopic (exact) mass is 265 g/mol. The zero-order chi connectivity index (χ0) is 12.4. The summed E-state index contributed by atoms with van der Waals surface area (Å²) < 4.78 is 0. The second kappa shape index (κ2) is 5.09. The van der Waals surface area contributed by atoms with Gasteiger partial charge >= 0.3 is 0 Å². The maximum atomic E-state index is 6.22. The lowest BCUT2D eigenvalue weighted by Gasteiger charge is -2.10. The van der Waals surface area contributed by atoms with Gasteiger partial charge in [0.1, 0.15) is 0 Å². The molecule has 0 bridgehead atoms. The molecule has 2 N–H and O–H groups in total. The Morgan fingerprint density at radius 1 is 1.00 bits per heavy atom. The molecule has 0 atom stereocenters. The van der Waals surface area contributed by atoms with Crippen LogP contribution in [0.25, 0.3) is 11.1 Å². The van der Waals surface area contributed by atoms with Crippen molar-refractivity contribution in [3.8, 4) is 11.1 Å². The molecule has 1 nitrogen and oxygen atoms in total. The maximum Gasteiger partial charge on any atom is 0.0499 e. The van der Waals surface area contributed by atoms with Crippen molar-refractivity contribution in [2.24, 2.45) is 5.73 Å². The van der Waals surface area contributed by atoms with E-state index in [2.05, 4.69) is 19.1 Å². The molecule has 17 heavy (non-hydrogen) atoms. The SMILES string of the molecule is Cc1ccc(CN)cc1-c1ccc(Cl)cc1Cl. The van der Waals surface area contributed by atoms with Gasteiger partial charge in [0, 0.05) is 22.2 Å². The summed E-state index contributed by atoms with van der Waals surface area (Å²) in [4.78, 5) is 0. The van der Waals surface area contributed by atoms with Gasteiger partial charge in [-0.1, -0.05) is 41.4 Å². The van der Waals surface area contributed by atoms with Gasteiger partial charge in [-0.15, -0.1) is 0 Å². The highest BCUT2D eigenvalue weighted by Crippen LogP contribution is 2.32. The molecule has 88 valence electrons. The van der Waals surface area contributed by atoms with Crippen molar-refractivity contribution < 1.29 is 0 Å². The minimum absolute atomic E-state index is 0.526. The van der Waals surface area contributed by atoms with Crippen LogP contribution < -0.4 is 5.73 Å². The van der Waals surface area contributed by atoms with Crippen LogP contribution in [0.4, 0.5) is 0 Å². The molecule has 0 aliphatic heterocycles. The standard InChI is InChI=1S/C14H13Cl2N/c1-9-2-3-10(8-17)6-13(9)12-5-4-11(15)7-14(12)16/h2-7H,8,17H2,1H3. The zero-order valence-corrected chi connectivity index (χ0v) is 11.0. The zero-order valence-electron chi connectivity index (χ0n) is 9.50. The average Bonchev–Trinajstić information content (AvgIpc) is 2.30. The van der Waals surface area contributed by atoms with Gasteiger partial charge in [-0.25, -0.2) is 0 Å². The molecule has 2 aromatic rings. The van der Waals surface area contributed by atoms with Crippen LogP contribution in [0.3, 0.4) is 0 Å². The molecule has 0 fully saturated rings. The molecule has 0 saturated carbocycles. The molecule has 0 aliphatic carbocycles. The largest absolute Gasteiger partial charge is 0.326 e. The number of hydrogen-bond acceptors (Lipinski definition) is 1. The summed E-state index contributed by atoms with van der Waals surface area (Å²) in [6.07, 6.45) is 0. The smallest absolute Gasteiger partial charge is 0.0499 e. The highest BCUT2D eigenvalue weighted by Gasteiger charge is 2.07. The Morgan fingerprint density at radius 2 is 1.76 bits per heavy atom. The van der Waals surface area contributed by atoms with E-state index in [1.165, 1.54) is 5.56 Å². The number of hydrogen-bond donors (Lipinski definition) is 1. The van der Waals surface area contributed by atoms with Gasteiger partial charge in [-0.05, 0) is 41.8 Å². The Bertz CT molecular complexity index is 550. The third-order valence-electron chi connectivity index (χ3n) is 2.76. The molecule has 0 saturated heterocycles. The van der Waals surface area contributed by atoms with Crippen LogP contribution in [0.5, 0.6) is 0 Å². The number of nitrogens with two attached hydrogens (primary N) is 1. The second-order valence-electron chi connectivity index (χ2n) is 3.98. The Kier molecular flexibility index (Phi) is 3.72. The van der Waals surface area contributed by atoms with Crippen LogP contribution in [0.1, 0.15) is 11.1 Å². The normalized spacial score (nSPS) is 10.6. The molecule has 0 heterocycles. The second-order valence-corrected chi connectivity index (χ2v) is 4.82. The first-order valence-corrected chi connectivity index (χ1v) is 6.12. The van der Waals surface area contributed by atoms with E-state index in [9.17, 15) is 0 Å². The summed E-state index contributed by atoms with van der Waals surface area (Å²) in [5, 5.41) is 1.31. The third kappa shape index (κ3) is 2.63. The highest BCUT2D eigenvalue weighted by molar-refractivity contribution is 6.36. The molecule has 2 aromatic carbocycles. The average molecular weight is 266 g/mol. The topological polar surface area (TPSA) is 26.0 Å². The van der Waals surface area contributed by atoms with Crippen molar-refractivity contribution in [2.45, 2.75) is 13.5 Å². The minimum atomic E-state index is 0.526. The van der Waals surface area contributed by atoms with Gasteiger partial charge < -0.3 is 5.73 Å². The number of halogens is 2. The van der Waals surface area contributed by atoms with Gasteiger partial charge in [-0.3, -0.25) is 0 Å². The van der Waals surface area contributed by atoms with Gasteiger partial charge in [0.25, 0.3) is 0 Å². The molecule has 0 aliphatic rings. The van der Waals surface area contributed by atoms with Crippen LogP contribution in [-0.2, 0) is 6.54 Å². The lowest BCUT2D eigenvalue weighted by Crippen LogP contribution is -1.97. The van der Waals surface area contributed by atoms with E-state index in [-0.39, 0.29) is 0 Å². The highest BCUT2D eigenvalue weighted by atomic mass is 35.5. The Labute approximate surface area is 111 Å². The summed E-state index contributed by atoms with van der Waals surface area (Å²) in [7, 11) is 0. The van der Waals surface area contributed by atoms with Crippen molar-refractivity contribution >= 4 is 23.2 Å². The molecular formula is C14H13Cl2N. The van der Waals surface area contributed by atoms with E-state index in [4.69, 9.17) is 28.9 Å². The summed E-state index contributed by atoms with van der Waals surface area (Å²) in [5.41, 5.74) is 10.0. The third-order valence-corrected chi connectivity index (χ3v) is 3.31. The molecule has 0 spiro atoms. The van der Waals surface area contributed by atoms with E-state index in [0.29, 0.717) is 16.6 Å². The lowest BCUT2D eigenvalue weighted by atomic mass is 9.98. The lowest BCUT2D eigenvalue weighted by molar-refractivity contribution is 1.07. The maximum absolute atomic E-state index is 6.22. The first kappa shape index (κ1) is 12.4. The number of aryl methyl sites for hydroxylation is 1. The Hall–Kier alpha value is -1.02.